The summed E-state index contributed by atoms with van der Waals surface area (Å²) < 4.78 is 73.7. The molecule has 3 aliphatic carbocycles. The molecule has 0 fully saturated rings. The van der Waals surface area contributed by atoms with Gasteiger partial charge < -0.3 is 56.8 Å². The Bertz CT molecular complexity index is 4920. The maximum absolute atomic E-state index is 13.5. The van der Waals surface area contributed by atoms with Crippen LogP contribution in [0.5, 0.6) is 69.0 Å². The largest absolute Gasteiger partial charge is 0.496 e. The average Bonchev–Trinajstić information content (AvgIpc) is 1.56. The third-order valence-corrected chi connectivity index (χ3v) is 26.5. The molecule has 6 atom stereocenters. The number of thioether (sulfide) groups is 3. The molecule has 0 saturated carbocycles. The monoisotopic (exact) mass is 1560 g/mol. The predicted molar refractivity (Wildman–Crippen MR) is 428 cm³/mol. The molecular formula is C89H86Cl2O15S3. The molecule has 0 bridgehead atoms. The second-order valence-corrected chi connectivity index (χ2v) is 33.6. The molecule has 6 aromatic carbocycles. The molecule has 109 heavy (non-hydrogen) atoms. The smallest absolute Gasteiger partial charge is 0.346 e. The van der Waals surface area contributed by atoms with Crippen LogP contribution in [0.15, 0.2) is 188 Å². The highest BCUT2D eigenvalue weighted by molar-refractivity contribution is 8.05. The molecule has 20 heteroatoms. The molecule has 0 radical (unpaired) electrons. The topological polar surface area (TPSA) is 162 Å². The van der Waals surface area contributed by atoms with Crippen molar-refractivity contribution in [1.82, 2.24) is 0 Å². The summed E-state index contributed by atoms with van der Waals surface area (Å²) in [7, 11) is 3.29. The van der Waals surface area contributed by atoms with Crippen LogP contribution < -0.4 is 42.6 Å². The molecule has 15 nitrogen and oxygen atoms in total. The number of ether oxygens (including phenoxy) is 12. The number of aryl methyl sites for hydroxylation is 2. The fraction of sp³-hybridized carbons (Fsp3) is 0.360. The highest BCUT2D eigenvalue weighted by Crippen LogP contribution is 2.69. The van der Waals surface area contributed by atoms with Crippen LogP contribution in [0.25, 0.3) is 0 Å². The van der Waals surface area contributed by atoms with Gasteiger partial charge in [-0.3, -0.25) is 0 Å². The molecule has 0 aromatic heterocycles. The van der Waals surface area contributed by atoms with E-state index in [1.165, 1.54) is 11.1 Å². The van der Waals surface area contributed by atoms with Crippen LogP contribution in [0.1, 0.15) is 144 Å². The Labute approximate surface area is 659 Å². The Kier molecular flexibility index (Phi) is 20.3. The van der Waals surface area contributed by atoms with Crippen LogP contribution in [-0.2, 0) is 45.4 Å². The molecule has 3 spiro atoms. The summed E-state index contributed by atoms with van der Waals surface area (Å²) in [5, 5.41) is 1.34. The second kappa shape index (κ2) is 29.8. The van der Waals surface area contributed by atoms with Crippen molar-refractivity contribution in [1.29, 1.82) is 0 Å². The lowest BCUT2D eigenvalue weighted by Gasteiger charge is -2.40. The van der Waals surface area contributed by atoms with Crippen molar-refractivity contribution in [2.24, 2.45) is 17.8 Å². The van der Waals surface area contributed by atoms with Crippen LogP contribution >= 0.6 is 58.5 Å². The zero-order valence-corrected chi connectivity index (χ0v) is 66.8. The van der Waals surface area contributed by atoms with Crippen molar-refractivity contribution >= 4 is 76.4 Å². The second-order valence-electron chi connectivity index (χ2n) is 29.2. The number of methoxy groups -OCH3 is 2. The third kappa shape index (κ3) is 12.6. The van der Waals surface area contributed by atoms with E-state index in [2.05, 4.69) is 103 Å². The quantitative estimate of drug-likeness (QED) is 0.0453. The van der Waals surface area contributed by atoms with Crippen LogP contribution in [-0.4, -0.2) is 74.3 Å². The minimum Gasteiger partial charge on any atom is -0.496 e. The Balaban J connectivity index is 0.000000125. The van der Waals surface area contributed by atoms with E-state index >= 15 is 0 Å². The summed E-state index contributed by atoms with van der Waals surface area (Å²) >= 11 is 18.3. The number of hydrogen-bond acceptors (Lipinski definition) is 18. The minimum atomic E-state index is -1.24. The summed E-state index contributed by atoms with van der Waals surface area (Å²) in [5.74, 6) is 6.81. The lowest BCUT2D eigenvalue weighted by Crippen LogP contribution is -2.38. The molecule has 12 aliphatic rings. The number of rotatable bonds is 18. The van der Waals surface area contributed by atoms with Gasteiger partial charge in [-0.25, -0.2) is 14.4 Å². The van der Waals surface area contributed by atoms with E-state index in [0.717, 1.165) is 135 Å². The van der Waals surface area contributed by atoms with Crippen molar-refractivity contribution in [2.45, 2.75) is 146 Å². The van der Waals surface area contributed by atoms with Gasteiger partial charge in [0.25, 0.3) is 0 Å². The van der Waals surface area contributed by atoms with Gasteiger partial charge in [0, 0.05) is 120 Å². The fourth-order valence-electron chi connectivity index (χ4n) is 16.7. The molecule has 0 saturated heterocycles. The highest BCUT2D eigenvalue weighted by atomic mass is 35.5. The lowest BCUT2D eigenvalue weighted by molar-refractivity contribution is -0.145. The fourth-order valence-corrected chi connectivity index (χ4v) is 21.1. The van der Waals surface area contributed by atoms with E-state index in [1.54, 1.807) is 61.6 Å². The molecule has 6 aromatic rings. The van der Waals surface area contributed by atoms with Gasteiger partial charge in [-0.05, 0) is 120 Å². The van der Waals surface area contributed by atoms with E-state index in [4.69, 9.17) is 80.0 Å². The van der Waals surface area contributed by atoms with Gasteiger partial charge in [-0.2, -0.15) is 0 Å². The van der Waals surface area contributed by atoms with E-state index in [1.807, 2.05) is 86.6 Å². The SMILES string of the molecule is CCCCOc1cc2c(cc1Cl)C1(OC(=O)C3=C1C1C=C(C)C=CC1S3)c1cc(Cl)c(OCCCC)cc1O2.CCCCOc1ccc2c(c1)Oc1cc(OCCCC)ccc1C21OC(=O)C2=C1C1C=C(C)C=CC1S2.COc1cc2c(cc1C)C1(OC(=O)C3=C1C1C=C(C)C=CC1S3)c1cc(C)c(OC)cc1O2. The summed E-state index contributed by atoms with van der Waals surface area (Å²) in [6.45, 7) is 21.1. The van der Waals surface area contributed by atoms with E-state index in [0.29, 0.717) is 103 Å². The summed E-state index contributed by atoms with van der Waals surface area (Å²) in [6, 6.07) is 26.8. The van der Waals surface area contributed by atoms with Crippen LogP contribution in [0, 0.1) is 31.6 Å². The predicted octanol–water partition coefficient (Wildman–Crippen LogP) is 21.9. The Morgan fingerprint density at radius 3 is 1.02 bits per heavy atom. The number of esters is 3. The normalized spacial score (nSPS) is 22.2. The zero-order valence-electron chi connectivity index (χ0n) is 62.8. The first-order chi connectivity index (χ1) is 52.8. The number of fused-ring (bicyclic) bond motifs is 21. The van der Waals surface area contributed by atoms with Gasteiger partial charge in [0.1, 0.15) is 69.0 Å². The average molecular weight is 1560 g/mol. The van der Waals surface area contributed by atoms with Crippen molar-refractivity contribution in [3.8, 4) is 69.0 Å². The van der Waals surface area contributed by atoms with Gasteiger partial charge in [0.2, 0.25) is 0 Å². The van der Waals surface area contributed by atoms with E-state index in [9.17, 15) is 14.4 Å². The van der Waals surface area contributed by atoms with Crippen LogP contribution in [0.4, 0.5) is 0 Å². The maximum atomic E-state index is 13.5. The number of carbonyl (C=O) groups is 3. The summed E-state index contributed by atoms with van der Waals surface area (Å²) in [6.07, 6.45) is 27.6. The first kappa shape index (κ1) is 74.3. The zero-order chi connectivity index (χ0) is 75.9. The first-order valence-corrected chi connectivity index (χ1v) is 41.1. The molecule has 0 amide bonds. The number of benzene rings is 6. The third-order valence-electron chi connectivity index (χ3n) is 21.9. The molecule has 6 unspecified atom stereocenters. The van der Waals surface area contributed by atoms with Gasteiger partial charge in [0.15, 0.2) is 16.8 Å². The van der Waals surface area contributed by atoms with Gasteiger partial charge >= 0.3 is 17.9 Å². The van der Waals surface area contributed by atoms with Crippen molar-refractivity contribution < 1.29 is 71.2 Å². The Hall–Kier alpha value is -8.78. The summed E-state index contributed by atoms with van der Waals surface area (Å²) in [4.78, 5) is 42.4. The van der Waals surface area contributed by atoms with Crippen molar-refractivity contribution in [3.05, 3.63) is 242 Å². The summed E-state index contributed by atoms with van der Waals surface area (Å²) in [5.41, 5.74) is 9.68. The minimum absolute atomic E-state index is 0.0289. The van der Waals surface area contributed by atoms with Gasteiger partial charge in [0.05, 0.1) is 65.4 Å². The number of carbonyl (C=O) groups excluding carboxylic acids is 3. The lowest BCUT2D eigenvalue weighted by atomic mass is 9.71. The molecular weight excluding hydrogens is 1480 g/mol. The van der Waals surface area contributed by atoms with Crippen LogP contribution in [0.2, 0.25) is 10.0 Å². The molecule has 9 heterocycles. The van der Waals surface area contributed by atoms with Gasteiger partial charge in [-0.15, -0.1) is 35.3 Å². The molecule has 564 valence electrons. The first-order valence-electron chi connectivity index (χ1n) is 37.7. The van der Waals surface area contributed by atoms with E-state index in [-0.39, 0.29) is 51.4 Å². The number of halogens is 2. The number of unbranched alkanes of at least 4 members (excludes halogenated alkanes) is 4. The van der Waals surface area contributed by atoms with Crippen molar-refractivity contribution in [2.75, 3.05) is 40.6 Å². The van der Waals surface area contributed by atoms with Gasteiger partial charge in [-0.1, -0.05) is 148 Å². The molecule has 18 rings (SSSR count). The van der Waals surface area contributed by atoms with Crippen molar-refractivity contribution in [3.63, 3.8) is 0 Å². The standard InChI is InChI=1S/C31H30Cl2O5S.C31H32O5S.C27H24O5S/c1-4-6-10-35-25-15-23-19(13-21(25)32)31(20-14-22(33)26(16-24(20)37-23)36-11-7-5-2)28-18-12-17(3)8-9-27(18)39-29(28)30(34)38-31;1-4-6-14-33-20-9-11-23-25(17-20)35-26-18-21(34-15-7-5-2)10-12-24(26)31(23)28-22-16-19(3)8-13-27(22)37-29(28)30(32)36-31;1-13-6-7-23-16(8-13)24-25(33-23)26(28)32-27(24)17-9-14(2)19(29-4)11-21(17)31-22-12-20(30-5)15(3)10-18(22)27/h8-9,12-16,18,27H,4-7,10-11H2,1-3H3;8-13,16-18,22,27H,4-7,14-15H2,1-3H3;6-12,16,23H,1-5H3. The van der Waals surface area contributed by atoms with Crippen LogP contribution in [0.3, 0.4) is 0 Å². The molecule has 0 N–H and O–H groups in total. The number of allylic oxidation sites excluding steroid dienone is 9. The Morgan fingerprint density at radius 1 is 0.385 bits per heavy atom. The molecule has 9 aliphatic heterocycles. The maximum Gasteiger partial charge on any atom is 0.346 e. The highest BCUT2D eigenvalue weighted by Gasteiger charge is 2.64. The van der Waals surface area contributed by atoms with E-state index < -0.39 is 16.8 Å². The number of hydrogen-bond donors (Lipinski definition) is 0. The Morgan fingerprint density at radius 2 is 0.688 bits per heavy atom.